The fraction of sp³-hybridized carbons (Fsp3) is 0.526. The van der Waals surface area contributed by atoms with Gasteiger partial charge < -0.3 is 15.5 Å². The third kappa shape index (κ3) is 5.05. The van der Waals surface area contributed by atoms with Gasteiger partial charge >= 0.3 is 11.9 Å². The standard InChI is InChI=1S/C19H27NO5/c1-5-11(3)15(18(22)23)13-9-7-8-10-14(13)17(21)20-16(19(24)25)12(4)6-2/h7-12,15-16H,5-6H2,1-4H3,(H,20,21)(H,22,23)(H,24,25). The van der Waals surface area contributed by atoms with Crippen LogP contribution in [0.25, 0.3) is 0 Å². The Bertz CT molecular complexity index is 628. The predicted octanol–water partition coefficient (Wildman–Crippen LogP) is 3.13. The summed E-state index contributed by atoms with van der Waals surface area (Å²) in [4.78, 5) is 35.8. The molecule has 0 bridgehead atoms. The van der Waals surface area contributed by atoms with E-state index in [1.165, 1.54) is 0 Å². The Morgan fingerprint density at radius 1 is 0.960 bits per heavy atom. The van der Waals surface area contributed by atoms with Gasteiger partial charge in [-0.15, -0.1) is 0 Å². The lowest BCUT2D eigenvalue weighted by molar-refractivity contribution is -0.141. The van der Waals surface area contributed by atoms with Gasteiger partial charge in [-0.3, -0.25) is 9.59 Å². The van der Waals surface area contributed by atoms with Gasteiger partial charge in [-0.2, -0.15) is 0 Å². The number of aliphatic carboxylic acids is 2. The minimum Gasteiger partial charge on any atom is -0.481 e. The van der Waals surface area contributed by atoms with E-state index in [1.807, 2.05) is 20.8 Å². The van der Waals surface area contributed by atoms with Crippen LogP contribution in [0.1, 0.15) is 62.4 Å². The maximum Gasteiger partial charge on any atom is 0.326 e. The first kappa shape index (κ1) is 20.7. The number of benzene rings is 1. The molecule has 0 fully saturated rings. The van der Waals surface area contributed by atoms with E-state index in [1.54, 1.807) is 31.2 Å². The van der Waals surface area contributed by atoms with Gasteiger partial charge in [0.1, 0.15) is 6.04 Å². The van der Waals surface area contributed by atoms with Crippen LogP contribution in [0.2, 0.25) is 0 Å². The number of hydrogen-bond donors (Lipinski definition) is 3. The van der Waals surface area contributed by atoms with Gasteiger partial charge in [0, 0.05) is 5.56 Å². The van der Waals surface area contributed by atoms with E-state index in [2.05, 4.69) is 5.32 Å². The molecule has 6 nitrogen and oxygen atoms in total. The Balaban J connectivity index is 3.23. The summed E-state index contributed by atoms with van der Waals surface area (Å²) < 4.78 is 0. The molecule has 1 aromatic rings. The van der Waals surface area contributed by atoms with Crippen LogP contribution in [0.4, 0.5) is 0 Å². The molecule has 4 atom stereocenters. The van der Waals surface area contributed by atoms with E-state index >= 15 is 0 Å². The minimum atomic E-state index is -1.10. The molecule has 4 unspecified atom stereocenters. The largest absolute Gasteiger partial charge is 0.481 e. The number of carboxylic acid groups (broad SMARTS) is 2. The zero-order valence-electron chi connectivity index (χ0n) is 15.2. The average molecular weight is 349 g/mol. The average Bonchev–Trinajstić information content (AvgIpc) is 2.58. The number of carbonyl (C=O) groups excluding carboxylic acids is 1. The molecule has 1 aromatic carbocycles. The smallest absolute Gasteiger partial charge is 0.326 e. The molecule has 0 aliphatic carbocycles. The van der Waals surface area contributed by atoms with Gasteiger partial charge in [-0.25, -0.2) is 4.79 Å². The van der Waals surface area contributed by atoms with Crippen molar-refractivity contribution in [2.75, 3.05) is 0 Å². The molecule has 25 heavy (non-hydrogen) atoms. The molecule has 138 valence electrons. The lowest BCUT2D eigenvalue weighted by Gasteiger charge is -2.24. The Kier molecular flexibility index (Phi) is 7.61. The molecule has 6 heteroatoms. The maximum absolute atomic E-state index is 12.7. The minimum absolute atomic E-state index is 0.156. The number of hydrogen-bond acceptors (Lipinski definition) is 3. The fourth-order valence-electron chi connectivity index (χ4n) is 2.80. The summed E-state index contributed by atoms with van der Waals surface area (Å²) in [6, 6.07) is 5.48. The van der Waals surface area contributed by atoms with Crippen molar-refractivity contribution in [3.63, 3.8) is 0 Å². The van der Waals surface area contributed by atoms with Gasteiger partial charge in [-0.1, -0.05) is 58.7 Å². The molecular formula is C19H27NO5. The molecule has 1 amide bonds. The van der Waals surface area contributed by atoms with E-state index in [0.29, 0.717) is 18.4 Å². The number of carboxylic acids is 2. The maximum atomic E-state index is 12.7. The van der Waals surface area contributed by atoms with Crippen LogP contribution in [-0.2, 0) is 9.59 Å². The summed E-state index contributed by atoms with van der Waals surface area (Å²) in [5.74, 6) is -3.87. The Labute approximate surface area is 148 Å². The molecule has 0 saturated carbocycles. The lowest BCUT2D eigenvalue weighted by Crippen LogP contribution is -2.45. The highest BCUT2D eigenvalue weighted by Crippen LogP contribution is 2.30. The molecule has 0 aliphatic heterocycles. The number of amides is 1. The van der Waals surface area contributed by atoms with Gasteiger partial charge in [-0.05, 0) is 23.5 Å². The van der Waals surface area contributed by atoms with E-state index in [9.17, 15) is 24.6 Å². The van der Waals surface area contributed by atoms with Crippen LogP contribution >= 0.6 is 0 Å². The topological polar surface area (TPSA) is 104 Å². The van der Waals surface area contributed by atoms with Crippen LogP contribution in [-0.4, -0.2) is 34.1 Å². The predicted molar refractivity (Wildman–Crippen MR) is 94.6 cm³/mol. The van der Waals surface area contributed by atoms with Crippen LogP contribution in [0.15, 0.2) is 24.3 Å². The zero-order chi connectivity index (χ0) is 19.1. The highest BCUT2D eigenvalue weighted by atomic mass is 16.4. The third-order valence-electron chi connectivity index (χ3n) is 4.79. The first-order valence-corrected chi connectivity index (χ1v) is 8.59. The van der Waals surface area contributed by atoms with E-state index in [0.717, 1.165) is 0 Å². The molecule has 0 spiro atoms. The molecular weight excluding hydrogens is 322 g/mol. The van der Waals surface area contributed by atoms with Gasteiger partial charge in [0.2, 0.25) is 0 Å². The second-order valence-corrected chi connectivity index (χ2v) is 6.46. The van der Waals surface area contributed by atoms with Crippen molar-refractivity contribution < 1.29 is 24.6 Å². The quantitative estimate of drug-likeness (QED) is 0.635. The molecule has 0 saturated heterocycles. The highest BCUT2D eigenvalue weighted by molar-refractivity contribution is 5.99. The number of nitrogens with one attached hydrogen (secondary N) is 1. The highest BCUT2D eigenvalue weighted by Gasteiger charge is 2.31. The number of rotatable bonds is 9. The van der Waals surface area contributed by atoms with Gasteiger partial charge in [0.05, 0.1) is 5.92 Å². The summed E-state index contributed by atoms with van der Waals surface area (Å²) in [5.41, 5.74) is 0.625. The second-order valence-electron chi connectivity index (χ2n) is 6.46. The van der Waals surface area contributed by atoms with Gasteiger partial charge in [0.25, 0.3) is 5.91 Å². The monoisotopic (exact) mass is 349 g/mol. The molecule has 0 radical (unpaired) electrons. The van der Waals surface area contributed by atoms with E-state index < -0.39 is 29.8 Å². The summed E-state index contributed by atoms with van der Waals surface area (Å²) in [6.07, 6.45) is 1.25. The number of carbonyl (C=O) groups is 3. The van der Waals surface area contributed by atoms with E-state index in [-0.39, 0.29) is 17.4 Å². The van der Waals surface area contributed by atoms with Crippen molar-refractivity contribution in [3.05, 3.63) is 35.4 Å². The summed E-state index contributed by atoms with van der Waals surface area (Å²) in [7, 11) is 0. The Hall–Kier alpha value is -2.37. The van der Waals surface area contributed by atoms with Crippen LogP contribution < -0.4 is 5.32 Å². The normalized spacial score (nSPS) is 15.7. The molecule has 1 rings (SSSR count). The lowest BCUT2D eigenvalue weighted by atomic mass is 9.83. The van der Waals surface area contributed by atoms with Crippen molar-refractivity contribution in [2.45, 2.75) is 52.5 Å². The van der Waals surface area contributed by atoms with Crippen molar-refractivity contribution in [2.24, 2.45) is 11.8 Å². The summed E-state index contributed by atoms with van der Waals surface area (Å²) in [5, 5.41) is 21.5. The fourth-order valence-corrected chi connectivity index (χ4v) is 2.80. The SMILES string of the molecule is CCC(C)C(NC(=O)c1ccccc1C(C(=O)O)C(C)CC)C(=O)O. The van der Waals surface area contributed by atoms with Crippen molar-refractivity contribution in [1.29, 1.82) is 0 Å². The Morgan fingerprint density at radius 3 is 2.00 bits per heavy atom. The van der Waals surface area contributed by atoms with Crippen LogP contribution in [0.5, 0.6) is 0 Å². The van der Waals surface area contributed by atoms with Crippen molar-refractivity contribution in [1.82, 2.24) is 5.32 Å². The van der Waals surface area contributed by atoms with Gasteiger partial charge in [0.15, 0.2) is 0 Å². The molecule has 0 aromatic heterocycles. The first-order valence-electron chi connectivity index (χ1n) is 8.59. The van der Waals surface area contributed by atoms with E-state index in [4.69, 9.17) is 0 Å². The zero-order valence-corrected chi connectivity index (χ0v) is 15.2. The summed E-state index contributed by atoms with van der Waals surface area (Å²) in [6.45, 7) is 7.33. The Morgan fingerprint density at radius 2 is 1.52 bits per heavy atom. The van der Waals surface area contributed by atoms with Crippen molar-refractivity contribution in [3.8, 4) is 0 Å². The first-order chi connectivity index (χ1) is 11.7. The molecule has 3 N–H and O–H groups in total. The van der Waals surface area contributed by atoms with Crippen LogP contribution in [0, 0.1) is 11.8 Å². The molecule has 0 heterocycles. The third-order valence-corrected chi connectivity index (χ3v) is 4.79. The second kappa shape index (κ2) is 9.20. The summed E-state index contributed by atoms with van der Waals surface area (Å²) >= 11 is 0. The van der Waals surface area contributed by atoms with Crippen molar-refractivity contribution >= 4 is 17.8 Å². The van der Waals surface area contributed by atoms with Crippen LogP contribution in [0.3, 0.4) is 0 Å². The molecule has 0 aliphatic rings.